The van der Waals surface area contributed by atoms with E-state index in [1.807, 2.05) is 25.7 Å². The van der Waals surface area contributed by atoms with Gasteiger partial charge in [0.2, 0.25) is 5.69 Å². The van der Waals surface area contributed by atoms with Crippen LogP contribution in [-0.2, 0) is 10.3 Å². The molecule has 1 saturated heterocycles. The lowest BCUT2D eigenvalue weighted by Crippen LogP contribution is -2.57. The molecule has 1 atom stereocenters. The second kappa shape index (κ2) is 10.7. The first-order chi connectivity index (χ1) is 21.2. The number of hydrogen-bond acceptors (Lipinski definition) is 8. The van der Waals surface area contributed by atoms with Crippen molar-refractivity contribution in [3.05, 3.63) is 63.2 Å². The summed E-state index contributed by atoms with van der Waals surface area (Å²) in [6.45, 7) is 19.8. The topological polar surface area (TPSA) is 112 Å². The zero-order chi connectivity index (χ0) is 32.4. The Hall–Kier alpha value is -4.70. The third kappa shape index (κ3) is 5.22. The van der Waals surface area contributed by atoms with Crippen molar-refractivity contribution < 1.29 is 18.7 Å². The number of hydrogen-bond donors (Lipinski definition) is 0. The highest BCUT2D eigenvalue weighted by atomic mass is 35.5. The maximum atomic E-state index is 15.2. The minimum Gasteiger partial charge on any atom is -0.489 e. The summed E-state index contributed by atoms with van der Waals surface area (Å²) in [5, 5.41) is 4.78. The highest BCUT2D eigenvalue weighted by Crippen LogP contribution is 2.46. The largest absolute Gasteiger partial charge is 0.489 e. The van der Waals surface area contributed by atoms with Gasteiger partial charge in [0.25, 0.3) is 0 Å². The number of fused-ring (bicyclic) bond motifs is 2. The molecule has 234 valence electrons. The van der Waals surface area contributed by atoms with Gasteiger partial charge in [-0.25, -0.2) is 28.4 Å². The number of benzene rings is 1. The summed E-state index contributed by atoms with van der Waals surface area (Å²) >= 11 is 6.96. The number of piperazine rings is 1. The molecule has 6 rings (SSSR count). The number of ether oxygens (including phenoxy) is 2. The van der Waals surface area contributed by atoms with Crippen LogP contribution in [0.1, 0.15) is 41.5 Å². The number of anilines is 1. The molecular formula is C31H32ClFN8O4. The first-order valence-corrected chi connectivity index (χ1v) is 14.8. The Morgan fingerprint density at radius 3 is 2.56 bits per heavy atom. The van der Waals surface area contributed by atoms with Crippen LogP contribution >= 0.6 is 11.6 Å². The van der Waals surface area contributed by atoms with E-state index in [-0.39, 0.29) is 58.2 Å². The van der Waals surface area contributed by atoms with Gasteiger partial charge in [0.15, 0.2) is 11.4 Å². The summed E-state index contributed by atoms with van der Waals surface area (Å²) in [6, 6.07) is 5.61. The van der Waals surface area contributed by atoms with Gasteiger partial charge >= 0.3 is 11.8 Å². The Bertz CT molecular complexity index is 1950. The number of amides is 1. The van der Waals surface area contributed by atoms with Crippen molar-refractivity contribution in [3.63, 3.8) is 0 Å². The van der Waals surface area contributed by atoms with Crippen molar-refractivity contribution in [2.24, 2.45) is 0 Å². The van der Waals surface area contributed by atoms with Gasteiger partial charge in [-0.15, -0.1) is 0 Å². The molecule has 2 aliphatic rings. The molecule has 0 aliphatic carbocycles. The molecule has 0 N–H and O–H groups in total. The third-order valence-electron chi connectivity index (χ3n) is 7.55. The molecule has 12 nitrogen and oxygen atoms in total. The predicted octanol–water partition coefficient (Wildman–Crippen LogP) is 5.56. The Balaban J connectivity index is 1.62. The van der Waals surface area contributed by atoms with Crippen molar-refractivity contribution in [1.82, 2.24) is 29.2 Å². The summed E-state index contributed by atoms with van der Waals surface area (Å²) in [4.78, 5) is 43.5. The highest BCUT2D eigenvalue weighted by Gasteiger charge is 2.39. The van der Waals surface area contributed by atoms with Gasteiger partial charge in [0.1, 0.15) is 40.1 Å². The second-order valence-corrected chi connectivity index (χ2v) is 13.3. The number of halogens is 2. The fourth-order valence-electron chi connectivity index (χ4n) is 5.61. The van der Waals surface area contributed by atoms with E-state index in [0.29, 0.717) is 18.5 Å². The van der Waals surface area contributed by atoms with E-state index >= 15 is 4.39 Å². The molecule has 1 aromatic carbocycles. The van der Waals surface area contributed by atoms with Gasteiger partial charge < -0.3 is 19.3 Å². The van der Waals surface area contributed by atoms with Crippen LogP contribution in [0.5, 0.6) is 5.75 Å². The smallest absolute Gasteiger partial charge is 0.410 e. The summed E-state index contributed by atoms with van der Waals surface area (Å²) in [5.41, 5.74) is -1.68. The van der Waals surface area contributed by atoms with Crippen molar-refractivity contribution in [3.8, 4) is 22.8 Å². The molecule has 0 saturated carbocycles. The Labute approximate surface area is 263 Å². The van der Waals surface area contributed by atoms with Gasteiger partial charge in [-0.05, 0) is 53.7 Å². The number of carbonyl (C=O) groups is 1. The van der Waals surface area contributed by atoms with Crippen molar-refractivity contribution in [1.29, 1.82) is 0 Å². The molecular weight excluding hydrogens is 603 g/mol. The van der Waals surface area contributed by atoms with Gasteiger partial charge in [-0.3, -0.25) is 4.68 Å². The highest BCUT2D eigenvalue weighted by molar-refractivity contribution is 6.36. The SMILES string of the molecule is [C-]#[N+]c1cnn(C(C)(C)C)c1-n1c(=O)nc2c3c(c(Cl)c(-c4ccccc4F)nc31)OC[C@H]1CN(C(=O)OC(C)(C)C)CCN21. The molecule has 4 aromatic rings. The van der Waals surface area contributed by atoms with Crippen molar-refractivity contribution >= 4 is 40.2 Å². The standard InChI is InChI=1S/C31H32ClFN8O4/c1-30(2,3)41-27(20(34-7)14-35-41)40-26-21-24(22(32)23(36-26)18-10-8-9-11-19(18)33)44-16-17-15-38(29(43)45-31(4,5)6)12-13-39(17)25(21)37-28(40)42/h8-11,14,17H,12-13,15-16H2,1-6H3/t17-/m1/s1. The number of carbonyl (C=O) groups excluding carboxylic acids is 1. The van der Waals surface area contributed by atoms with Crippen molar-refractivity contribution in [2.75, 3.05) is 31.1 Å². The van der Waals surface area contributed by atoms with E-state index in [1.54, 1.807) is 42.5 Å². The quantitative estimate of drug-likeness (QED) is 0.264. The Morgan fingerprint density at radius 2 is 1.89 bits per heavy atom. The number of rotatable bonds is 2. The second-order valence-electron chi connectivity index (χ2n) is 13.0. The fraction of sp³-hybridized carbons (Fsp3) is 0.419. The van der Waals surface area contributed by atoms with Crippen LogP contribution in [0.15, 0.2) is 35.3 Å². The van der Waals surface area contributed by atoms with E-state index in [0.717, 1.165) is 0 Å². The van der Waals surface area contributed by atoms with Gasteiger partial charge in [0, 0.05) is 25.2 Å². The van der Waals surface area contributed by atoms with Crippen LogP contribution in [0.2, 0.25) is 5.02 Å². The third-order valence-corrected chi connectivity index (χ3v) is 7.90. The maximum absolute atomic E-state index is 15.2. The number of pyridine rings is 1. The first kappa shape index (κ1) is 30.3. The molecule has 14 heteroatoms. The summed E-state index contributed by atoms with van der Waals surface area (Å²) in [7, 11) is 0. The van der Waals surface area contributed by atoms with E-state index < -0.39 is 34.8 Å². The average Bonchev–Trinajstić information content (AvgIpc) is 3.33. The molecule has 3 aromatic heterocycles. The monoisotopic (exact) mass is 634 g/mol. The van der Waals surface area contributed by atoms with Crippen molar-refractivity contribution in [2.45, 2.75) is 58.7 Å². The maximum Gasteiger partial charge on any atom is 0.410 e. The van der Waals surface area contributed by atoms with E-state index in [2.05, 4.69) is 14.9 Å². The van der Waals surface area contributed by atoms with Gasteiger partial charge in [0.05, 0.1) is 30.0 Å². The zero-order valence-electron chi connectivity index (χ0n) is 25.8. The van der Waals surface area contributed by atoms with E-state index in [9.17, 15) is 9.59 Å². The van der Waals surface area contributed by atoms with Gasteiger partial charge in [-0.2, -0.15) is 10.1 Å². The van der Waals surface area contributed by atoms with Crippen LogP contribution < -0.4 is 15.3 Å². The molecule has 2 aliphatic heterocycles. The average molecular weight is 635 g/mol. The lowest BCUT2D eigenvalue weighted by atomic mass is 10.1. The predicted molar refractivity (Wildman–Crippen MR) is 167 cm³/mol. The molecule has 0 unspecified atom stereocenters. The van der Waals surface area contributed by atoms with E-state index in [4.69, 9.17) is 32.6 Å². The normalized spacial score (nSPS) is 16.6. The minimum atomic E-state index is -0.719. The first-order valence-electron chi connectivity index (χ1n) is 14.4. The number of aromatic nitrogens is 5. The molecule has 0 spiro atoms. The molecule has 1 amide bonds. The summed E-state index contributed by atoms with van der Waals surface area (Å²) in [6.07, 6.45) is 0.926. The lowest BCUT2D eigenvalue weighted by molar-refractivity contribution is 0.0202. The minimum absolute atomic E-state index is 0.0411. The summed E-state index contributed by atoms with van der Waals surface area (Å²) < 4.78 is 29.9. The Morgan fingerprint density at radius 1 is 1.16 bits per heavy atom. The summed E-state index contributed by atoms with van der Waals surface area (Å²) in [5.74, 6) is 0.0356. The van der Waals surface area contributed by atoms with E-state index in [1.165, 1.54) is 22.9 Å². The number of nitrogens with zero attached hydrogens (tertiary/aromatic N) is 8. The molecule has 5 heterocycles. The van der Waals surface area contributed by atoms with Crippen LogP contribution in [0, 0.1) is 12.4 Å². The fourth-order valence-corrected chi connectivity index (χ4v) is 5.90. The Kier molecular flexibility index (Phi) is 7.23. The molecule has 45 heavy (non-hydrogen) atoms. The van der Waals surface area contributed by atoms with Crippen LogP contribution in [0.3, 0.4) is 0 Å². The van der Waals surface area contributed by atoms with Gasteiger partial charge in [-0.1, -0.05) is 23.7 Å². The zero-order valence-corrected chi connectivity index (χ0v) is 26.5. The molecule has 0 bridgehead atoms. The van der Waals surface area contributed by atoms with Crippen LogP contribution in [0.4, 0.5) is 20.7 Å². The molecule has 1 fully saturated rings. The lowest BCUT2D eigenvalue weighted by Gasteiger charge is -2.41. The van der Waals surface area contributed by atoms with Crippen LogP contribution in [0.25, 0.3) is 33.0 Å². The molecule has 0 radical (unpaired) electrons. The van der Waals surface area contributed by atoms with Crippen LogP contribution in [-0.4, -0.2) is 73.2 Å².